The fraction of sp³-hybridized carbons (Fsp3) is 0.333. The molecule has 0 N–H and O–H groups in total. The fourth-order valence-corrected chi connectivity index (χ4v) is 3.83. The lowest BCUT2D eigenvalue weighted by Gasteiger charge is -2.29. The van der Waals surface area contributed by atoms with Crippen LogP contribution >= 0.6 is 27.5 Å². The fourth-order valence-electron chi connectivity index (χ4n) is 2.57. The van der Waals surface area contributed by atoms with Gasteiger partial charge in [0.2, 0.25) is 0 Å². The molecule has 2 rings (SSSR count). The zero-order chi connectivity index (χ0) is 14.5. The van der Waals surface area contributed by atoms with E-state index in [1.54, 1.807) is 0 Å². The lowest BCUT2D eigenvalue weighted by Crippen LogP contribution is -2.14. The summed E-state index contributed by atoms with van der Waals surface area (Å²) in [6.07, 6.45) is 1.16. The van der Waals surface area contributed by atoms with E-state index in [9.17, 15) is 0 Å². The highest BCUT2D eigenvalue weighted by Crippen LogP contribution is 2.43. The predicted octanol–water partition coefficient (Wildman–Crippen LogP) is 6.61. The molecule has 2 aromatic rings. The maximum atomic E-state index is 5.99. The van der Waals surface area contributed by atoms with E-state index < -0.39 is 0 Å². The van der Waals surface area contributed by atoms with Crippen LogP contribution in [0.15, 0.2) is 54.6 Å². The summed E-state index contributed by atoms with van der Waals surface area (Å²) >= 11 is 9.90. The van der Waals surface area contributed by atoms with E-state index in [2.05, 4.69) is 72.2 Å². The lowest BCUT2D eigenvalue weighted by atomic mass is 9.81. The van der Waals surface area contributed by atoms with E-state index in [-0.39, 0.29) is 0 Å². The Hall–Kier alpha value is -0.790. The van der Waals surface area contributed by atoms with E-state index >= 15 is 0 Å². The first-order valence-electron chi connectivity index (χ1n) is 7.08. The van der Waals surface area contributed by atoms with Crippen LogP contribution in [0.3, 0.4) is 0 Å². The minimum Gasteiger partial charge on any atom is -0.0843 e. The SMILES string of the molecule is CCC(C)C(c1ccccc1)C(Br)c1ccc(Cl)cc1. The average molecular weight is 352 g/mol. The van der Waals surface area contributed by atoms with Gasteiger partial charge >= 0.3 is 0 Å². The van der Waals surface area contributed by atoms with Gasteiger partial charge in [-0.25, -0.2) is 0 Å². The van der Waals surface area contributed by atoms with Gasteiger partial charge in [0.25, 0.3) is 0 Å². The standard InChI is InChI=1S/C18H20BrCl/c1-3-13(2)17(14-7-5-4-6-8-14)18(19)15-9-11-16(20)12-10-15/h4-13,17-18H,3H2,1-2H3. The van der Waals surface area contributed by atoms with Gasteiger partial charge in [-0.2, -0.15) is 0 Å². The van der Waals surface area contributed by atoms with Gasteiger partial charge in [-0.3, -0.25) is 0 Å². The van der Waals surface area contributed by atoms with Crippen molar-refractivity contribution >= 4 is 27.5 Å². The zero-order valence-corrected chi connectivity index (χ0v) is 14.2. The van der Waals surface area contributed by atoms with Crippen LogP contribution in [0.2, 0.25) is 5.02 Å². The molecule has 0 saturated heterocycles. The molecule has 0 aliphatic rings. The summed E-state index contributed by atoms with van der Waals surface area (Å²) < 4.78 is 0. The van der Waals surface area contributed by atoms with Gasteiger partial charge in [-0.15, -0.1) is 0 Å². The van der Waals surface area contributed by atoms with Gasteiger partial charge in [0.1, 0.15) is 0 Å². The summed E-state index contributed by atoms with van der Waals surface area (Å²) in [6.45, 7) is 4.57. The van der Waals surface area contributed by atoms with Crippen LogP contribution in [-0.2, 0) is 0 Å². The number of hydrogen-bond acceptors (Lipinski definition) is 0. The Morgan fingerprint density at radius 2 is 1.55 bits per heavy atom. The Morgan fingerprint density at radius 3 is 2.10 bits per heavy atom. The van der Waals surface area contributed by atoms with E-state index in [0.29, 0.717) is 16.7 Å². The number of halogens is 2. The van der Waals surface area contributed by atoms with Crippen molar-refractivity contribution in [2.45, 2.75) is 31.0 Å². The minimum absolute atomic E-state index is 0.303. The predicted molar refractivity (Wildman–Crippen MR) is 91.8 cm³/mol. The third kappa shape index (κ3) is 3.65. The Morgan fingerprint density at radius 1 is 0.950 bits per heavy atom. The van der Waals surface area contributed by atoms with E-state index in [4.69, 9.17) is 11.6 Å². The third-order valence-corrected chi connectivity index (χ3v) is 5.30. The monoisotopic (exact) mass is 350 g/mol. The molecular formula is C18H20BrCl. The quantitative estimate of drug-likeness (QED) is 0.532. The Kier molecular flexibility index (Phi) is 5.68. The normalized spacial score (nSPS) is 15.6. The van der Waals surface area contributed by atoms with Crippen molar-refractivity contribution < 1.29 is 0 Å². The first-order chi connectivity index (χ1) is 9.63. The molecule has 0 radical (unpaired) electrons. The third-order valence-electron chi connectivity index (χ3n) is 3.95. The Labute approximate surface area is 135 Å². The minimum atomic E-state index is 0.303. The van der Waals surface area contributed by atoms with Gasteiger partial charge in [0.15, 0.2) is 0 Å². The number of alkyl halides is 1. The number of benzene rings is 2. The summed E-state index contributed by atoms with van der Waals surface area (Å²) in [4.78, 5) is 0.303. The van der Waals surface area contributed by atoms with Gasteiger partial charge < -0.3 is 0 Å². The summed E-state index contributed by atoms with van der Waals surface area (Å²) in [6, 6.07) is 18.9. The van der Waals surface area contributed by atoms with Crippen molar-refractivity contribution in [3.05, 3.63) is 70.7 Å². The molecule has 0 aliphatic carbocycles. The summed E-state index contributed by atoms with van der Waals surface area (Å²) in [5, 5.41) is 0.785. The van der Waals surface area contributed by atoms with Crippen LogP contribution in [0, 0.1) is 5.92 Å². The average Bonchev–Trinajstić information content (AvgIpc) is 2.49. The van der Waals surface area contributed by atoms with Crippen LogP contribution in [0.4, 0.5) is 0 Å². The molecule has 0 bridgehead atoms. The molecule has 106 valence electrons. The molecule has 0 heterocycles. The first-order valence-corrected chi connectivity index (χ1v) is 8.37. The first kappa shape index (κ1) is 15.6. The molecule has 0 aliphatic heterocycles. The van der Waals surface area contributed by atoms with Gasteiger partial charge in [-0.1, -0.05) is 90.3 Å². The second-order valence-corrected chi connectivity index (χ2v) is 6.70. The number of hydrogen-bond donors (Lipinski definition) is 0. The second kappa shape index (κ2) is 7.28. The molecule has 20 heavy (non-hydrogen) atoms. The Bertz CT molecular complexity index is 521. The second-order valence-electron chi connectivity index (χ2n) is 5.28. The molecule has 2 heteroatoms. The van der Waals surface area contributed by atoms with Crippen molar-refractivity contribution in [3.8, 4) is 0 Å². The molecule has 0 aromatic heterocycles. The molecule has 0 fully saturated rings. The van der Waals surface area contributed by atoms with Gasteiger partial charge in [0.05, 0.1) is 0 Å². The van der Waals surface area contributed by atoms with Crippen molar-refractivity contribution in [3.63, 3.8) is 0 Å². The molecule has 0 spiro atoms. The largest absolute Gasteiger partial charge is 0.0843 e. The molecule has 2 aromatic carbocycles. The van der Waals surface area contributed by atoms with Crippen LogP contribution in [0.1, 0.15) is 42.1 Å². The van der Waals surface area contributed by atoms with E-state index in [0.717, 1.165) is 11.4 Å². The van der Waals surface area contributed by atoms with Crippen LogP contribution in [0.25, 0.3) is 0 Å². The highest BCUT2D eigenvalue weighted by molar-refractivity contribution is 9.09. The van der Waals surface area contributed by atoms with E-state index in [1.165, 1.54) is 11.1 Å². The van der Waals surface area contributed by atoms with Crippen molar-refractivity contribution in [2.75, 3.05) is 0 Å². The smallest absolute Gasteiger partial charge is 0.0466 e. The van der Waals surface area contributed by atoms with Gasteiger partial charge in [0, 0.05) is 15.8 Å². The summed E-state index contributed by atoms with van der Waals surface area (Å²) in [5.74, 6) is 1.07. The van der Waals surface area contributed by atoms with Crippen molar-refractivity contribution in [1.82, 2.24) is 0 Å². The highest BCUT2D eigenvalue weighted by atomic mass is 79.9. The Balaban J connectivity index is 2.34. The lowest BCUT2D eigenvalue weighted by molar-refractivity contribution is 0.440. The molecular weight excluding hydrogens is 332 g/mol. The maximum Gasteiger partial charge on any atom is 0.0466 e. The zero-order valence-electron chi connectivity index (χ0n) is 11.9. The van der Waals surface area contributed by atoms with Crippen LogP contribution in [0.5, 0.6) is 0 Å². The van der Waals surface area contributed by atoms with Crippen molar-refractivity contribution in [2.24, 2.45) is 5.92 Å². The van der Waals surface area contributed by atoms with Crippen molar-refractivity contribution in [1.29, 1.82) is 0 Å². The summed E-state index contributed by atoms with van der Waals surface area (Å²) in [7, 11) is 0. The van der Waals surface area contributed by atoms with E-state index in [1.807, 2.05) is 12.1 Å². The molecule has 0 saturated carbocycles. The highest BCUT2D eigenvalue weighted by Gasteiger charge is 2.26. The summed E-state index contributed by atoms with van der Waals surface area (Å²) in [5.41, 5.74) is 2.67. The molecule has 0 nitrogen and oxygen atoms in total. The molecule has 0 amide bonds. The molecule has 3 atom stereocenters. The van der Waals surface area contributed by atoms with Crippen LogP contribution in [-0.4, -0.2) is 0 Å². The topological polar surface area (TPSA) is 0 Å². The maximum absolute atomic E-state index is 5.99. The van der Waals surface area contributed by atoms with Gasteiger partial charge in [-0.05, 0) is 29.2 Å². The molecule has 3 unspecified atom stereocenters. The number of rotatable bonds is 5. The van der Waals surface area contributed by atoms with Crippen LogP contribution < -0.4 is 0 Å².